The van der Waals surface area contributed by atoms with E-state index in [1.807, 2.05) is 35.0 Å². The number of rotatable bonds is 7. The third-order valence-electron chi connectivity index (χ3n) is 5.23. The topological polar surface area (TPSA) is 63.2 Å². The number of hydrogen-bond acceptors (Lipinski definition) is 6. The molecule has 4 rings (SSSR count). The van der Waals surface area contributed by atoms with Gasteiger partial charge in [-0.3, -0.25) is 4.90 Å². The molecule has 0 spiro atoms. The maximum atomic E-state index is 6.16. The molecule has 28 heavy (non-hydrogen) atoms. The summed E-state index contributed by atoms with van der Waals surface area (Å²) in [5.74, 6) is 1.77. The predicted octanol–water partition coefficient (Wildman–Crippen LogP) is 3.63. The van der Waals surface area contributed by atoms with Gasteiger partial charge in [-0.05, 0) is 47.2 Å². The van der Waals surface area contributed by atoms with Gasteiger partial charge in [-0.25, -0.2) is 4.68 Å². The van der Waals surface area contributed by atoms with Crippen molar-refractivity contribution in [3.63, 3.8) is 0 Å². The number of halogens is 1. The van der Waals surface area contributed by atoms with Crippen LogP contribution in [-0.2, 0) is 6.54 Å². The first-order chi connectivity index (χ1) is 13.7. The Balaban J connectivity index is 1.47. The molecule has 1 fully saturated rings. The molecule has 0 N–H and O–H groups in total. The number of benzene rings is 1. The third-order valence-corrected chi connectivity index (χ3v) is 5.47. The second kappa shape index (κ2) is 8.75. The Morgan fingerprint density at radius 2 is 2.00 bits per heavy atom. The van der Waals surface area contributed by atoms with Gasteiger partial charge in [0.2, 0.25) is 0 Å². The van der Waals surface area contributed by atoms with Gasteiger partial charge >= 0.3 is 0 Å². The predicted molar refractivity (Wildman–Crippen MR) is 109 cm³/mol. The Morgan fingerprint density at radius 1 is 1.14 bits per heavy atom. The summed E-state index contributed by atoms with van der Waals surface area (Å²) in [7, 11) is 0. The summed E-state index contributed by atoms with van der Waals surface area (Å²) in [5, 5.41) is 13.3. The van der Waals surface area contributed by atoms with Crippen LogP contribution < -0.4 is 4.90 Å². The normalized spacial score (nSPS) is 16.4. The summed E-state index contributed by atoms with van der Waals surface area (Å²) in [5.41, 5.74) is 1.18. The molecule has 0 radical (unpaired) electrons. The SMILES string of the molecule is CCCC(c1nnnn1Cc1ccco1)N1CCN(c2cccc(Cl)c2)CC1. The summed E-state index contributed by atoms with van der Waals surface area (Å²) < 4.78 is 7.34. The summed E-state index contributed by atoms with van der Waals surface area (Å²) >= 11 is 6.16. The van der Waals surface area contributed by atoms with Crippen LogP contribution in [0.3, 0.4) is 0 Å². The largest absolute Gasteiger partial charge is 0.467 e. The lowest BCUT2D eigenvalue weighted by Gasteiger charge is -2.39. The van der Waals surface area contributed by atoms with Crippen molar-refractivity contribution < 1.29 is 4.42 Å². The number of nitrogens with zero attached hydrogens (tertiary/aromatic N) is 6. The number of hydrogen-bond donors (Lipinski definition) is 0. The number of furan rings is 1. The Labute approximate surface area is 169 Å². The van der Waals surface area contributed by atoms with Gasteiger partial charge in [0.15, 0.2) is 5.82 Å². The lowest BCUT2D eigenvalue weighted by Crippen LogP contribution is -2.48. The van der Waals surface area contributed by atoms with E-state index in [4.69, 9.17) is 16.0 Å². The molecule has 1 atom stereocenters. The van der Waals surface area contributed by atoms with Gasteiger partial charge in [0.05, 0.1) is 12.3 Å². The number of aromatic nitrogens is 4. The molecule has 3 aromatic rings. The molecule has 1 aliphatic rings. The highest BCUT2D eigenvalue weighted by Gasteiger charge is 2.29. The van der Waals surface area contributed by atoms with Crippen molar-refractivity contribution in [3.05, 3.63) is 59.3 Å². The molecule has 1 unspecified atom stereocenters. The zero-order valence-electron chi connectivity index (χ0n) is 16.0. The molecule has 1 saturated heterocycles. The lowest BCUT2D eigenvalue weighted by molar-refractivity contribution is 0.164. The van der Waals surface area contributed by atoms with E-state index in [0.717, 1.165) is 55.6 Å². The standard InChI is InChI=1S/C20H25ClN6O/c1-2-5-19(20-22-23-24-27(20)15-18-8-4-13-28-18)26-11-9-25(10-12-26)17-7-3-6-16(21)14-17/h3-4,6-8,13-14,19H,2,5,9-12,15H2,1H3. The molecule has 148 valence electrons. The Bertz CT molecular complexity index is 872. The van der Waals surface area contributed by atoms with Crippen molar-refractivity contribution in [1.82, 2.24) is 25.1 Å². The van der Waals surface area contributed by atoms with Crippen molar-refractivity contribution >= 4 is 17.3 Å². The lowest BCUT2D eigenvalue weighted by atomic mass is 10.1. The van der Waals surface area contributed by atoms with E-state index in [0.29, 0.717) is 6.54 Å². The summed E-state index contributed by atoms with van der Waals surface area (Å²) in [6.07, 6.45) is 3.78. The van der Waals surface area contributed by atoms with E-state index >= 15 is 0 Å². The van der Waals surface area contributed by atoms with Gasteiger partial charge in [0, 0.05) is 36.9 Å². The first-order valence-corrected chi connectivity index (χ1v) is 10.2. The molecule has 0 amide bonds. The molecule has 2 aromatic heterocycles. The first kappa shape index (κ1) is 19.0. The molecular formula is C20H25ClN6O. The molecule has 1 aliphatic heterocycles. The fraction of sp³-hybridized carbons (Fsp3) is 0.450. The van der Waals surface area contributed by atoms with Crippen LogP contribution in [0.4, 0.5) is 5.69 Å². The maximum Gasteiger partial charge on any atom is 0.168 e. The van der Waals surface area contributed by atoms with E-state index < -0.39 is 0 Å². The van der Waals surface area contributed by atoms with Crippen molar-refractivity contribution in [1.29, 1.82) is 0 Å². The van der Waals surface area contributed by atoms with E-state index in [9.17, 15) is 0 Å². The minimum atomic E-state index is 0.205. The van der Waals surface area contributed by atoms with Gasteiger partial charge in [0.25, 0.3) is 0 Å². The van der Waals surface area contributed by atoms with Gasteiger partial charge in [-0.15, -0.1) is 5.10 Å². The minimum Gasteiger partial charge on any atom is -0.467 e. The van der Waals surface area contributed by atoms with Crippen LogP contribution in [0, 0.1) is 0 Å². The quantitative estimate of drug-likeness (QED) is 0.603. The van der Waals surface area contributed by atoms with Crippen molar-refractivity contribution in [2.45, 2.75) is 32.4 Å². The molecule has 3 heterocycles. The number of anilines is 1. The van der Waals surface area contributed by atoms with Gasteiger partial charge in [0.1, 0.15) is 12.3 Å². The van der Waals surface area contributed by atoms with Gasteiger partial charge in [-0.1, -0.05) is 31.0 Å². The van der Waals surface area contributed by atoms with Crippen LogP contribution in [-0.4, -0.2) is 51.3 Å². The van der Waals surface area contributed by atoms with Crippen LogP contribution >= 0.6 is 11.6 Å². The molecular weight excluding hydrogens is 376 g/mol. The van der Waals surface area contributed by atoms with Crippen LogP contribution in [0.25, 0.3) is 0 Å². The minimum absolute atomic E-state index is 0.205. The molecule has 0 bridgehead atoms. The van der Waals surface area contributed by atoms with E-state index in [-0.39, 0.29) is 6.04 Å². The van der Waals surface area contributed by atoms with Crippen LogP contribution in [0.15, 0.2) is 47.1 Å². The number of tetrazole rings is 1. The fourth-order valence-electron chi connectivity index (χ4n) is 3.83. The van der Waals surface area contributed by atoms with Crippen molar-refractivity contribution in [3.8, 4) is 0 Å². The van der Waals surface area contributed by atoms with Crippen molar-refractivity contribution in [2.24, 2.45) is 0 Å². The maximum absolute atomic E-state index is 6.16. The van der Waals surface area contributed by atoms with Gasteiger partial charge < -0.3 is 9.32 Å². The highest BCUT2D eigenvalue weighted by atomic mass is 35.5. The van der Waals surface area contributed by atoms with Crippen LogP contribution in [0.2, 0.25) is 5.02 Å². The Hall–Kier alpha value is -2.38. The summed E-state index contributed by atoms with van der Waals surface area (Å²) in [4.78, 5) is 4.88. The second-order valence-electron chi connectivity index (χ2n) is 7.08. The van der Waals surface area contributed by atoms with E-state index in [1.165, 1.54) is 5.69 Å². The second-order valence-corrected chi connectivity index (χ2v) is 7.52. The molecule has 8 heteroatoms. The first-order valence-electron chi connectivity index (χ1n) is 9.77. The van der Waals surface area contributed by atoms with Crippen LogP contribution in [0.1, 0.15) is 37.4 Å². The smallest absolute Gasteiger partial charge is 0.168 e. The highest BCUT2D eigenvalue weighted by molar-refractivity contribution is 6.30. The molecule has 7 nitrogen and oxygen atoms in total. The van der Waals surface area contributed by atoms with E-state index in [1.54, 1.807) is 6.26 Å². The van der Waals surface area contributed by atoms with E-state index in [2.05, 4.69) is 38.3 Å². The third kappa shape index (κ3) is 4.20. The molecule has 0 saturated carbocycles. The average Bonchev–Trinajstić information content (AvgIpc) is 3.39. The zero-order valence-corrected chi connectivity index (χ0v) is 16.8. The fourth-order valence-corrected chi connectivity index (χ4v) is 4.01. The highest BCUT2D eigenvalue weighted by Crippen LogP contribution is 2.27. The summed E-state index contributed by atoms with van der Waals surface area (Å²) in [6.45, 7) is 6.60. The van der Waals surface area contributed by atoms with Gasteiger partial charge in [-0.2, -0.15) is 0 Å². The van der Waals surface area contributed by atoms with Crippen LogP contribution in [0.5, 0.6) is 0 Å². The molecule has 0 aliphatic carbocycles. The zero-order chi connectivity index (χ0) is 19.3. The average molecular weight is 401 g/mol. The Kier molecular flexibility index (Phi) is 5.92. The van der Waals surface area contributed by atoms with Crippen molar-refractivity contribution in [2.75, 3.05) is 31.1 Å². The number of piperazine rings is 1. The molecule has 1 aromatic carbocycles. The summed E-state index contributed by atoms with van der Waals surface area (Å²) in [6, 6.07) is 12.1. The Morgan fingerprint density at radius 3 is 2.71 bits per heavy atom. The monoisotopic (exact) mass is 400 g/mol.